The first-order chi connectivity index (χ1) is 13.8. The average molecular weight is 383 g/mol. The molecule has 3 heteroatoms. The molecule has 0 aromatic heterocycles. The molecule has 136 valence electrons. The minimum Gasteiger partial charge on any atom is -0.295 e. The second kappa shape index (κ2) is 8.55. The summed E-state index contributed by atoms with van der Waals surface area (Å²) in [6.45, 7) is 0. The Hall–Kier alpha value is -3.36. The Kier molecular flexibility index (Phi) is 5.51. The van der Waals surface area contributed by atoms with Crippen LogP contribution in [-0.2, 0) is 0 Å². The third-order valence-electron chi connectivity index (χ3n) is 4.33. The molecular formula is C25H19ClN2. The minimum absolute atomic E-state index is 0.707. The van der Waals surface area contributed by atoms with Crippen molar-refractivity contribution in [1.82, 2.24) is 0 Å². The Balaban J connectivity index is 1.93. The predicted molar refractivity (Wildman–Crippen MR) is 119 cm³/mol. The fourth-order valence-corrected chi connectivity index (χ4v) is 3.14. The van der Waals surface area contributed by atoms with Gasteiger partial charge in [0.15, 0.2) is 0 Å². The van der Waals surface area contributed by atoms with E-state index in [2.05, 4.69) is 29.2 Å². The summed E-state index contributed by atoms with van der Waals surface area (Å²) in [6.07, 6.45) is 0. The van der Waals surface area contributed by atoms with Crippen molar-refractivity contribution >= 4 is 34.5 Å². The largest absolute Gasteiger partial charge is 0.295 e. The van der Waals surface area contributed by atoms with Gasteiger partial charge in [-0.3, -0.25) is 4.90 Å². The summed E-state index contributed by atoms with van der Waals surface area (Å²) in [5.74, 6) is 0.848. The summed E-state index contributed by atoms with van der Waals surface area (Å²) in [7, 11) is 0. The average Bonchev–Trinajstić information content (AvgIpc) is 2.77. The van der Waals surface area contributed by atoms with Crippen LogP contribution in [0.25, 0.3) is 0 Å². The van der Waals surface area contributed by atoms with E-state index in [-0.39, 0.29) is 0 Å². The van der Waals surface area contributed by atoms with Crippen LogP contribution >= 0.6 is 11.6 Å². The van der Waals surface area contributed by atoms with E-state index in [9.17, 15) is 0 Å². The van der Waals surface area contributed by atoms with Crippen LogP contribution in [0.4, 0.5) is 17.1 Å². The molecule has 0 heterocycles. The fourth-order valence-electron chi connectivity index (χ4n) is 3.02. The van der Waals surface area contributed by atoms with Gasteiger partial charge in [0, 0.05) is 22.0 Å². The highest BCUT2D eigenvalue weighted by molar-refractivity contribution is 6.30. The number of hydrogen-bond donors (Lipinski definition) is 0. The van der Waals surface area contributed by atoms with E-state index in [1.54, 1.807) is 0 Å². The number of benzene rings is 4. The summed E-state index contributed by atoms with van der Waals surface area (Å²) in [6, 6.07) is 38.3. The lowest BCUT2D eigenvalue weighted by atomic mass is 10.1. The molecule has 2 nitrogen and oxygen atoms in total. The Morgan fingerprint density at radius 3 is 1.68 bits per heavy atom. The zero-order valence-electron chi connectivity index (χ0n) is 15.2. The van der Waals surface area contributed by atoms with E-state index in [1.165, 1.54) is 0 Å². The second-order valence-electron chi connectivity index (χ2n) is 6.28. The van der Waals surface area contributed by atoms with Crippen molar-refractivity contribution in [2.24, 2.45) is 4.99 Å². The van der Waals surface area contributed by atoms with Gasteiger partial charge in [-0.1, -0.05) is 78.3 Å². The summed E-state index contributed by atoms with van der Waals surface area (Å²) in [5, 5.41) is 0.707. The quantitative estimate of drug-likeness (QED) is 0.268. The molecule has 0 unspecified atom stereocenters. The van der Waals surface area contributed by atoms with Crippen LogP contribution in [-0.4, -0.2) is 5.84 Å². The number of nitrogens with zero attached hydrogens (tertiary/aromatic N) is 2. The van der Waals surface area contributed by atoms with Gasteiger partial charge in [0.25, 0.3) is 0 Å². The van der Waals surface area contributed by atoms with Crippen LogP contribution in [0.15, 0.2) is 120 Å². The van der Waals surface area contributed by atoms with Gasteiger partial charge in [0.05, 0.1) is 5.69 Å². The standard InChI is InChI=1S/C25H19ClN2/c26-21-16-18-24(19-17-21)28(23-14-8-3-9-15-23)25(20-10-4-1-5-11-20)27-22-12-6-2-7-13-22/h1-19H. The van der Waals surface area contributed by atoms with Gasteiger partial charge in [0.1, 0.15) is 5.84 Å². The topological polar surface area (TPSA) is 15.6 Å². The Bertz CT molecular complexity index is 1040. The smallest absolute Gasteiger partial charge is 0.145 e. The van der Waals surface area contributed by atoms with Crippen LogP contribution in [0, 0.1) is 0 Å². The van der Waals surface area contributed by atoms with Crippen molar-refractivity contribution in [1.29, 1.82) is 0 Å². The first kappa shape index (κ1) is 18.0. The molecule has 4 aromatic carbocycles. The lowest BCUT2D eigenvalue weighted by molar-refractivity contribution is 1.31. The molecule has 0 spiro atoms. The number of para-hydroxylation sites is 2. The van der Waals surface area contributed by atoms with Gasteiger partial charge < -0.3 is 0 Å². The first-order valence-corrected chi connectivity index (χ1v) is 9.49. The lowest BCUT2D eigenvalue weighted by Gasteiger charge is -2.27. The Morgan fingerprint density at radius 2 is 1.07 bits per heavy atom. The van der Waals surface area contributed by atoms with E-state index < -0.39 is 0 Å². The van der Waals surface area contributed by atoms with Crippen LogP contribution in [0.5, 0.6) is 0 Å². The van der Waals surface area contributed by atoms with Gasteiger partial charge >= 0.3 is 0 Å². The van der Waals surface area contributed by atoms with Crippen molar-refractivity contribution in [3.05, 3.63) is 126 Å². The van der Waals surface area contributed by atoms with Crippen LogP contribution < -0.4 is 4.90 Å². The number of rotatable bonds is 4. The van der Waals surface area contributed by atoms with Crippen molar-refractivity contribution < 1.29 is 0 Å². The molecule has 0 atom stereocenters. The summed E-state index contributed by atoms with van der Waals surface area (Å²) >= 11 is 6.14. The lowest BCUT2D eigenvalue weighted by Crippen LogP contribution is -2.26. The molecular weight excluding hydrogens is 364 g/mol. The molecule has 28 heavy (non-hydrogen) atoms. The second-order valence-corrected chi connectivity index (χ2v) is 6.72. The van der Waals surface area contributed by atoms with E-state index in [1.807, 2.05) is 91.0 Å². The third-order valence-corrected chi connectivity index (χ3v) is 4.59. The van der Waals surface area contributed by atoms with E-state index in [0.29, 0.717) is 5.02 Å². The van der Waals surface area contributed by atoms with Crippen LogP contribution in [0.1, 0.15) is 5.56 Å². The zero-order chi connectivity index (χ0) is 19.2. The molecule has 4 aromatic rings. The maximum absolute atomic E-state index is 6.14. The van der Waals surface area contributed by atoms with Gasteiger partial charge in [-0.25, -0.2) is 4.99 Å². The summed E-state index contributed by atoms with van der Waals surface area (Å²) < 4.78 is 0. The van der Waals surface area contributed by atoms with E-state index in [0.717, 1.165) is 28.5 Å². The maximum atomic E-state index is 6.14. The molecule has 4 rings (SSSR count). The molecule has 0 bridgehead atoms. The number of amidine groups is 1. The monoisotopic (exact) mass is 382 g/mol. The van der Waals surface area contributed by atoms with E-state index in [4.69, 9.17) is 16.6 Å². The minimum atomic E-state index is 0.707. The normalized spacial score (nSPS) is 11.2. The van der Waals surface area contributed by atoms with Crippen LogP contribution in [0.2, 0.25) is 5.02 Å². The number of anilines is 2. The zero-order valence-corrected chi connectivity index (χ0v) is 16.0. The molecule has 0 aliphatic carbocycles. The molecule has 0 saturated carbocycles. The van der Waals surface area contributed by atoms with Gasteiger partial charge in [-0.15, -0.1) is 0 Å². The molecule has 0 radical (unpaired) electrons. The summed E-state index contributed by atoms with van der Waals surface area (Å²) in [4.78, 5) is 7.17. The highest BCUT2D eigenvalue weighted by Gasteiger charge is 2.18. The van der Waals surface area contributed by atoms with E-state index >= 15 is 0 Å². The van der Waals surface area contributed by atoms with Crippen molar-refractivity contribution in [2.75, 3.05) is 4.90 Å². The van der Waals surface area contributed by atoms with Gasteiger partial charge in [-0.05, 0) is 48.5 Å². The Labute approximate surface area is 170 Å². The summed E-state index contributed by atoms with van der Waals surface area (Å²) in [5.41, 5.74) is 3.96. The first-order valence-electron chi connectivity index (χ1n) is 9.11. The number of hydrogen-bond acceptors (Lipinski definition) is 1. The maximum Gasteiger partial charge on any atom is 0.145 e. The molecule has 0 aliphatic rings. The highest BCUT2D eigenvalue weighted by atomic mass is 35.5. The molecule has 0 amide bonds. The fraction of sp³-hybridized carbons (Fsp3) is 0. The third kappa shape index (κ3) is 4.13. The Morgan fingerprint density at radius 1 is 0.571 bits per heavy atom. The predicted octanol–water partition coefficient (Wildman–Crippen LogP) is 7.26. The number of halogens is 1. The SMILES string of the molecule is Clc1ccc(N(C(=Nc2ccccc2)c2ccccc2)c2ccccc2)cc1. The van der Waals surface area contributed by atoms with Gasteiger partial charge in [0.2, 0.25) is 0 Å². The molecule has 0 fully saturated rings. The van der Waals surface area contributed by atoms with Crippen LogP contribution in [0.3, 0.4) is 0 Å². The molecule has 0 N–H and O–H groups in total. The van der Waals surface area contributed by atoms with Gasteiger partial charge in [-0.2, -0.15) is 0 Å². The van der Waals surface area contributed by atoms with Crippen molar-refractivity contribution in [2.45, 2.75) is 0 Å². The highest BCUT2D eigenvalue weighted by Crippen LogP contribution is 2.30. The van der Waals surface area contributed by atoms with Crippen molar-refractivity contribution in [3.63, 3.8) is 0 Å². The van der Waals surface area contributed by atoms with Crippen molar-refractivity contribution in [3.8, 4) is 0 Å². The number of aliphatic imine (C=N–C) groups is 1. The molecule has 0 saturated heterocycles. The molecule has 0 aliphatic heterocycles.